The summed E-state index contributed by atoms with van der Waals surface area (Å²) in [6.45, 7) is 8.46. The molecule has 114 valence electrons. The van der Waals surface area contributed by atoms with Crippen LogP contribution in [0.3, 0.4) is 0 Å². The maximum absolute atomic E-state index is 6.20. The van der Waals surface area contributed by atoms with Crippen LogP contribution in [0.5, 0.6) is 5.75 Å². The fourth-order valence-corrected chi connectivity index (χ4v) is 2.40. The summed E-state index contributed by atoms with van der Waals surface area (Å²) >= 11 is 9.74. The SMILES string of the molecule is COCCCOc1cc(CNC(C)(C)C)c(Br)cc1Cl. The van der Waals surface area contributed by atoms with Gasteiger partial charge in [-0.05, 0) is 38.5 Å². The number of methoxy groups -OCH3 is 1. The second-order valence-electron chi connectivity index (χ2n) is 5.67. The molecule has 5 heteroatoms. The molecule has 0 amide bonds. The Morgan fingerprint density at radius 3 is 2.55 bits per heavy atom. The van der Waals surface area contributed by atoms with Crippen LogP contribution in [0.25, 0.3) is 0 Å². The van der Waals surface area contributed by atoms with Gasteiger partial charge < -0.3 is 14.8 Å². The van der Waals surface area contributed by atoms with E-state index in [1.54, 1.807) is 7.11 Å². The molecule has 0 saturated heterocycles. The molecule has 20 heavy (non-hydrogen) atoms. The minimum Gasteiger partial charge on any atom is -0.492 e. The van der Waals surface area contributed by atoms with E-state index in [0.717, 1.165) is 28.8 Å². The largest absolute Gasteiger partial charge is 0.492 e. The summed E-state index contributed by atoms with van der Waals surface area (Å²) in [5, 5.41) is 4.07. The van der Waals surface area contributed by atoms with Crippen molar-refractivity contribution in [2.45, 2.75) is 39.3 Å². The smallest absolute Gasteiger partial charge is 0.138 e. The summed E-state index contributed by atoms with van der Waals surface area (Å²) in [6, 6.07) is 3.87. The lowest BCUT2D eigenvalue weighted by molar-refractivity contribution is 0.172. The van der Waals surface area contributed by atoms with Crippen molar-refractivity contribution in [2.24, 2.45) is 0 Å². The Balaban J connectivity index is 2.70. The lowest BCUT2D eigenvalue weighted by Gasteiger charge is -2.21. The third-order valence-corrected chi connectivity index (χ3v) is 3.69. The standard InChI is InChI=1S/C15H23BrClNO2/c1-15(2,3)18-10-11-8-14(13(17)9-12(11)16)20-7-5-6-19-4/h8-9,18H,5-7,10H2,1-4H3. The Morgan fingerprint density at radius 1 is 1.25 bits per heavy atom. The van der Waals surface area contributed by atoms with Crippen molar-refractivity contribution >= 4 is 27.5 Å². The zero-order chi connectivity index (χ0) is 15.2. The Hall–Kier alpha value is -0.290. The fourth-order valence-electron chi connectivity index (χ4n) is 1.56. The summed E-state index contributed by atoms with van der Waals surface area (Å²) in [4.78, 5) is 0. The van der Waals surface area contributed by atoms with Crippen molar-refractivity contribution in [3.8, 4) is 5.75 Å². The van der Waals surface area contributed by atoms with E-state index in [9.17, 15) is 0 Å². The van der Waals surface area contributed by atoms with Gasteiger partial charge in [-0.1, -0.05) is 27.5 Å². The minimum absolute atomic E-state index is 0.0680. The molecule has 0 fully saturated rings. The highest BCUT2D eigenvalue weighted by molar-refractivity contribution is 9.10. The number of halogens is 2. The van der Waals surface area contributed by atoms with Gasteiger partial charge in [0.05, 0.1) is 11.6 Å². The highest BCUT2D eigenvalue weighted by Gasteiger charge is 2.12. The molecular weight excluding hydrogens is 342 g/mol. The molecule has 0 heterocycles. The molecule has 1 aromatic rings. The number of hydrogen-bond donors (Lipinski definition) is 1. The fraction of sp³-hybridized carbons (Fsp3) is 0.600. The van der Waals surface area contributed by atoms with Gasteiger partial charge in [0.25, 0.3) is 0 Å². The lowest BCUT2D eigenvalue weighted by Crippen LogP contribution is -2.35. The molecule has 3 nitrogen and oxygen atoms in total. The number of benzene rings is 1. The van der Waals surface area contributed by atoms with Crippen molar-refractivity contribution in [3.05, 3.63) is 27.2 Å². The van der Waals surface area contributed by atoms with E-state index in [1.165, 1.54) is 0 Å². The molecule has 0 unspecified atom stereocenters. The molecule has 0 aliphatic heterocycles. The molecular formula is C15H23BrClNO2. The molecule has 1 rings (SSSR count). The lowest BCUT2D eigenvalue weighted by atomic mass is 10.1. The van der Waals surface area contributed by atoms with Crippen LogP contribution in [0.1, 0.15) is 32.8 Å². The minimum atomic E-state index is 0.0680. The van der Waals surface area contributed by atoms with Gasteiger partial charge in [-0.15, -0.1) is 0 Å². The average Bonchev–Trinajstić information content (AvgIpc) is 2.34. The first kappa shape index (κ1) is 17.8. The molecule has 0 radical (unpaired) electrons. The van der Waals surface area contributed by atoms with Crippen LogP contribution < -0.4 is 10.1 Å². The predicted molar refractivity (Wildman–Crippen MR) is 87.7 cm³/mol. The van der Waals surface area contributed by atoms with Crippen molar-refractivity contribution < 1.29 is 9.47 Å². The van der Waals surface area contributed by atoms with Gasteiger partial charge in [0.1, 0.15) is 5.75 Å². The van der Waals surface area contributed by atoms with Crippen LogP contribution >= 0.6 is 27.5 Å². The summed E-state index contributed by atoms with van der Waals surface area (Å²) in [5.74, 6) is 0.719. The molecule has 0 aromatic heterocycles. The van der Waals surface area contributed by atoms with Crippen molar-refractivity contribution in [1.29, 1.82) is 0 Å². The van der Waals surface area contributed by atoms with Crippen LogP contribution in [0.2, 0.25) is 5.02 Å². The van der Waals surface area contributed by atoms with E-state index in [1.807, 2.05) is 12.1 Å². The van der Waals surface area contributed by atoms with E-state index >= 15 is 0 Å². The molecule has 0 spiro atoms. The van der Waals surface area contributed by atoms with Crippen molar-refractivity contribution in [1.82, 2.24) is 5.32 Å². The second-order valence-corrected chi connectivity index (χ2v) is 6.93. The van der Waals surface area contributed by atoms with Gasteiger partial charge in [-0.25, -0.2) is 0 Å². The van der Waals surface area contributed by atoms with E-state index in [-0.39, 0.29) is 5.54 Å². The Labute approximate surface area is 135 Å². The number of hydrogen-bond acceptors (Lipinski definition) is 3. The van der Waals surface area contributed by atoms with Crippen LogP contribution in [-0.2, 0) is 11.3 Å². The van der Waals surface area contributed by atoms with Gasteiger partial charge in [-0.3, -0.25) is 0 Å². The van der Waals surface area contributed by atoms with E-state index in [4.69, 9.17) is 21.1 Å². The normalized spacial score (nSPS) is 11.7. The van der Waals surface area contributed by atoms with Crippen LogP contribution in [0, 0.1) is 0 Å². The highest BCUT2D eigenvalue weighted by Crippen LogP contribution is 2.31. The first-order chi connectivity index (χ1) is 9.33. The summed E-state index contributed by atoms with van der Waals surface area (Å²) < 4.78 is 11.7. The molecule has 0 aliphatic carbocycles. The zero-order valence-electron chi connectivity index (χ0n) is 12.6. The van der Waals surface area contributed by atoms with Gasteiger partial charge >= 0.3 is 0 Å². The third kappa shape index (κ3) is 6.44. The van der Waals surface area contributed by atoms with E-state index in [2.05, 4.69) is 42.0 Å². The molecule has 0 saturated carbocycles. The first-order valence-electron chi connectivity index (χ1n) is 6.68. The zero-order valence-corrected chi connectivity index (χ0v) is 14.9. The van der Waals surface area contributed by atoms with Gasteiger partial charge in [0.15, 0.2) is 0 Å². The van der Waals surface area contributed by atoms with Gasteiger partial charge in [0, 0.05) is 36.7 Å². The molecule has 1 N–H and O–H groups in total. The molecule has 0 atom stereocenters. The first-order valence-corrected chi connectivity index (χ1v) is 7.85. The number of nitrogens with one attached hydrogen (secondary N) is 1. The van der Waals surface area contributed by atoms with Crippen LogP contribution in [0.15, 0.2) is 16.6 Å². The van der Waals surface area contributed by atoms with Crippen molar-refractivity contribution in [3.63, 3.8) is 0 Å². The average molecular weight is 365 g/mol. The highest BCUT2D eigenvalue weighted by atomic mass is 79.9. The topological polar surface area (TPSA) is 30.5 Å². The molecule has 1 aromatic carbocycles. The Morgan fingerprint density at radius 2 is 1.95 bits per heavy atom. The predicted octanol–water partition coefficient (Wildman–Crippen LogP) is 4.41. The van der Waals surface area contributed by atoms with Gasteiger partial charge in [0.2, 0.25) is 0 Å². The number of ether oxygens (including phenoxy) is 2. The summed E-state index contributed by atoms with van der Waals surface area (Å²) in [6.07, 6.45) is 0.846. The quantitative estimate of drug-likeness (QED) is 0.727. The van der Waals surface area contributed by atoms with Crippen LogP contribution in [0.4, 0.5) is 0 Å². The molecule has 0 bridgehead atoms. The van der Waals surface area contributed by atoms with E-state index in [0.29, 0.717) is 18.2 Å². The maximum Gasteiger partial charge on any atom is 0.138 e. The Bertz CT molecular complexity index is 433. The summed E-state index contributed by atoms with van der Waals surface area (Å²) in [7, 11) is 1.68. The van der Waals surface area contributed by atoms with Crippen LogP contribution in [-0.4, -0.2) is 25.9 Å². The maximum atomic E-state index is 6.20. The monoisotopic (exact) mass is 363 g/mol. The molecule has 0 aliphatic rings. The number of rotatable bonds is 7. The Kier molecular flexibility index (Phi) is 7.30. The van der Waals surface area contributed by atoms with E-state index < -0.39 is 0 Å². The summed E-state index contributed by atoms with van der Waals surface area (Å²) in [5.41, 5.74) is 1.20. The third-order valence-electron chi connectivity index (χ3n) is 2.66. The van der Waals surface area contributed by atoms with Crippen molar-refractivity contribution in [2.75, 3.05) is 20.3 Å². The second kappa shape index (κ2) is 8.23. The van der Waals surface area contributed by atoms with Gasteiger partial charge in [-0.2, -0.15) is 0 Å².